The van der Waals surface area contributed by atoms with E-state index in [1.54, 1.807) is 12.3 Å². The van der Waals surface area contributed by atoms with Gasteiger partial charge in [0.25, 0.3) is 11.8 Å². The fourth-order valence-corrected chi connectivity index (χ4v) is 3.42. The van der Waals surface area contributed by atoms with Gasteiger partial charge >= 0.3 is 5.97 Å². The van der Waals surface area contributed by atoms with Crippen LogP contribution in [0.3, 0.4) is 0 Å². The molecule has 146 valence electrons. The predicted molar refractivity (Wildman–Crippen MR) is 97.8 cm³/mol. The molecule has 9 heteroatoms. The number of hydrogen-bond acceptors (Lipinski definition) is 5. The Morgan fingerprint density at radius 1 is 1.37 bits per heavy atom. The van der Waals surface area contributed by atoms with Crippen molar-refractivity contribution < 1.29 is 29.0 Å². The molecular formula is C18H21FN2O5S. The second kappa shape index (κ2) is 8.90. The first-order valence-corrected chi connectivity index (χ1v) is 9.48. The zero-order valence-electron chi connectivity index (χ0n) is 15.1. The van der Waals surface area contributed by atoms with Crippen LogP contribution in [0.25, 0.3) is 0 Å². The summed E-state index contributed by atoms with van der Waals surface area (Å²) in [5, 5.41) is 18.7. The third-order valence-electron chi connectivity index (χ3n) is 4.20. The summed E-state index contributed by atoms with van der Waals surface area (Å²) < 4.78 is 13.4. The minimum absolute atomic E-state index is 0.0226. The molecule has 0 aromatic heterocycles. The van der Waals surface area contributed by atoms with Crippen LogP contribution in [0.2, 0.25) is 0 Å². The first-order chi connectivity index (χ1) is 12.7. The summed E-state index contributed by atoms with van der Waals surface area (Å²) in [5.74, 6) is -3.12. The molecule has 0 saturated carbocycles. The Labute approximate surface area is 160 Å². The van der Waals surface area contributed by atoms with Gasteiger partial charge in [0.15, 0.2) is 5.76 Å². The fraction of sp³-hybridized carbons (Fsp3) is 0.389. The van der Waals surface area contributed by atoms with Crippen molar-refractivity contribution >= 4 is 29.5 Å². The molecule has 1 aromatic carbocycles. The standard InChI is InChI=1S/C18H21FN2O5S/c1-20(9-11-5-6-12(19)8-14(11)27-2)17(25)13-10-21(18(26)16(13)24)7-3-4-15(22)23/h5-6,8,24H,3-4,7,9-10H2,1-2H3,(H,22,23). The molecule has 1 aromatic rings. The molecule has 1 heterocycles. The van der Waals surface area contributed by atoms with E-state index >= 15 is 0 Å². The largest absolute Gasteiger partial charge is 0.503 e. The number of carbonyl (C=O) groups excluding carboxylic acids is 2. The van der Waals surface area contributed by atoms with Crippen LogP contribution in [0.1, 0.15) is 18.4 Å². The lowest BCUT2D eigenvalue weighted by Gasteiger charge is -2.20. The van der Waals surface area contributed by atoms with Gasteiger partial charge in [0.1, 0.15) is 5.82 Å². The topological polar surface area (TPSA) is 98.2 Å². The number of amides is 2. The van der Waals surface area contributed by atoms with Crippen molar-refractivity contribution in [3.05, 3.63) is 40.9 Å². The lowest BCUT2D eigenvalue weighted by atomic mass is 10.1. The van der Waals surface area contributed by atoms with E-state index in [-0.39, 0.29) is 43.9 Å². The number of benzene rings is 1. The lowest BCUT2D eigenvalue weighted by Crippen LogP contribution is -2.32. The summed E-state index contributed by atoms with van der Waals surface area (Å²) in [7, 11) is 1.54. The van der Waals surface area contributed by atoms with Crippen LogP contribution in [0.15, 0.2) is 34.4 Å². The number of nitrogens with zero attached hydrogens (tertiary/aromatic N) is 2. The van der Waals surface area contributed by atoms with Crippen molar-refractivity contribution in [2.75, 3.05) is 26.4 Å². The van der Waals surface area contributed by atoms with Gasteiger partial charge < -0.3 is 20.0 Å². The summed E-state index contributed by atoms with van der Waals surface area (Å²) in [4.78, 5) is 38.6. The van der Waals surface area contributed by atoms with E-state index < -0.39 is 23.5 Å². The van der Waals surface area contributed by atoms with Gasteiger partial charge in [-0.3, -0.25) is 14.4 Å². The number of hydrogen-bond donors (Lipinski definition) is 2. The van der Waals surface area contributed by atoms with Crippen LogP contribution in [-0.2, 0) is 20.9 Å². The molecule has 0 fully saturated rings. The molecule has 0 radical (unpaired) electrons. The van der Waals surface area contributed by atoms with Crippen LogP contribution in [-0.4, -0.2) is 64.2 Å². The number of carboxylic acid groups (broad SMARTS) is 1. The van der Waals surface area contributed by atoms with Crippen molar-refractivity contribution in [2.45, 2.75) is 24.3 Å². The highest BCUT2D eigenvalue weighted by Gasteiger charge is 2.35. The maximum atomic E-state index is 13.4. The van der Waals surface area contributed by atoms with Gasteiger partial charge in [-0.25, -0.2) is 4.39 Å². The van der Waals surface area contributed by atoms with Gasteiger partial charge in [-0.05, 0) is 30.4 Å². The Kier molecular flexibility index (Phi) is 6.84. The summed E-state index contributed by atoms with van der Waals surface area (Å²) in [5.41, 5.74) is 0.730. The van der Waals surface area contributed by atoms with Crippen LogP contribution in [0, 0.1) is 5.82 Å². The highest BCUT2D eigenvalue weighted by molar-refractivity contribution is 7.98. The zero-order chi connectivity index (χ0) is 20.1. The molecule has 1 aliphatic rings. The van der Waals surface area contributed by atoms with Gasteiger partial charge in [0, 0.05) is 31.5 Å². The zero-order valence-corrected chi connectivity index (χ0v) is 15.9. The molecule has 2 rings (SSSR count). The highest BCUT2D eigenvalue weighted by Crippen LogP contribution is 2.24. The normalized spacial score (nSPS) is 14.0. The first kappa shape index (κ1) is 20.8. The van der Waals surface area contributed by atoms with E-state index in [4.69, 9.17) is 5.11 Å². The second-order valence-electron chi connectivity index (χ2n) is 6.17. The molecule has 0 spiro atoms. The van der Waals surface area contributed by atoms with Crippen LogP contribution < -0.4 is 0 Å². The summed E-state index contributed by atoms with van der Waals surface area (Å²) in [6.45, 7) is 0.274. The number of thioether (sulfide) groups is 1. The third kappa shape index (κ3) is 5.00. The molecule has 0 atom stereocenters. The van der Waals surface area contributed by atoms with E-state index in [2.05, 4.69) is 0 Å². The van der Waals surface area contributed by atoms with Gasteiger partial charge in [-0.1, -0.05) is 6.07 Å². The van der Waals surface area contributed by atoms with Crippen LogP contribution >= 0.6 is 11.8 Å². The maximum Gasteiger partial charge on any atom is 0.303 e. The molecule has 2 amide bonds. The number of halogens is 1. The van der Waals surface area contributed by atoms with E-state index in [0.29, 0.717) is 4.90 Å². The van der Waals surface area contributed by atoms with Gasteiger partial charge in [-0.2, -0.15) is 0 Å². The molecular weight excluding hydrogens is 375 g/mol. The van der Waals surface area contributed by atoms with Crippen LogP contribution in [0.5, 0.6) is 0 Å². The number of carboxylic acids is 1. The minimum atomic E-state index is -0.973. The smallest absolute Gasteiger partial charge is 0.303 e. The third-order valence-corrected chi connectivity index (χ3v) is 5.02. The second-order valence-corrected chi connectivity index (χ2v) is 7.02. The molecule has 2 N–H and O–H groups in total. The Bertz CT molecular complexity index is 796. The van der Waals surface area contributed by atoms with Gasteiger partial charge in [0.05, 0.1) is 12.1 Å². The van der Waals surface area contributed by atoms with E-state index in [0.717, 1.165) is 5.56 Å². The van der Waals surface area contributed by atoms with Crippen molar-refractivity contribution in [1.29, 1.82) is 0 Å². The molecule has 0 saturated heterocycles. The Morgan fingerprint density at radius 3 is 2.70 bits per heavy atom. The first-order valence-electron chi connectivity index (χ1n) is 8.25. The van der Waals surface area contributed by atoms with Crippen molar-refractivity contribution in [3.8, 4) is 0 Å². The SMILES string of the molecule is CSc1cc(F)ccc1CN(C)C(=O)C1=C(O)C(=O)N(CCCC(=O)O)C1. The van der Waals surface area contributed by atoms with Gasteiger partial charge in [-0.15, -0.1) is 11.8 Å². The summed E-state index contributed by atoms with van der Waals surface area (Å²) >= 11 is 1.36. The molecule has 1 aliphatic heterocycles. The fourth-order valence-electron chi connectivity index (χ4n) is 2.79. The average molecular weight is 396 g/mol. The Hall–Kier alpha value is -2.55. The Morgan fingerprint density at radius 2 is 2.07 bits per heavy atom. The van der Waals surface area contributed by atoms with Crippen molar-refractivity contribution in [1.82, 2.24) is 9.80 Å². The number of rotatable bonds is 8. The molecule has 0 aliphatic carbocycles. The summed E-state index contributed by atoms with van der Waals surface area (Å²) in [6, 6.07) is 4.29. The monoisotopic (exact) mass is 396 g/mol. The number of aliphatic hydroxyl groups excluding tert-OH is 1. The number of carbonyl (C=O) groups is 3. The predicted octanol–water partition coefficient (Wildman–Crippen LogP) is 2.03. The van der Waals surface area contributed by atoms with Crippen molar-refractivity contribution in [3.63, 3.8) is 0 Å². The van der Waals surface area contributed by atoms with Crippen molar-refractivity contribution in [2.24, 2.45) is 0 Å². The quantitative estimate of drug-likeness (QED) is 0.653. The maximum absolute atomic E-state index is 13.4. The lowest BCUT2D eigenvalue weighted by molar-refractivity contribution is -0.137. The minimum Gasteiger partial charge on any atom is -0.503 e. The van der Waals surface area contributed by atoms with Gasteiger partial charge in [0.2, 0.25) is 0 Å². The number of likely N-dealkylation sites (N-methyl/N-ethyl adjacent to an activating group) is 1. The average Bonchev–Trinajstić information content (AvgIpc) is 2.90. The number of aliphatic carboxylic acids is 1. The highest BCUT2D eigenvalue weighted by atomic mass is 32.2. The molecule has 7 nitrogen and oxygen atoms in total. The molecule has 0 bridgehead atoms. The van der Waals surface area contributed by atoms with Crippen LogP contribution in [0.4, 0.5) is 4.39 Å². The number of aliphatic hydroxyl groups is 1. The van der Waals surface area contributed by atoms with E-state index in [9.17, 15) is 23.9 Å². The van der Waals surface area contributed by atoms with E-state index in [1.807, 2.05) is 0 Å². The molecule has 0 unspecified atom stereocenters. The summed E-state index contributed by atoms with van der Waals surface area (Å²) in [6.07, 6.45) is 1.94. The Balaban J connectivity index is 2.06. The molecule has 27 heavy (non-hydrogen) atoms. The van der Waals surface area contributed by atoms with E-state index in [1.165, 1.54) is 40.7 Å².